The standard InChI is InChI=1S/C23H42O3Si/c1-17-11-13-22(5)19(18(17)12-14-23(6)24-15-16-25-23)9-10-20(22)26-27(7,8)21(2,3)4/h19-20H,9-16H2,1-8H3/t19-,20-,22-/m0/s1. The summed E-state index contributed by atoms with van der Waals surface area (Å²) in [5.41, 5.74) is 3.60. The van der Waals surface area contributed by atoms with Gasteiger partial charge in [-0.15, -0.1) is 0 Å². The molecule has 0 amide bonds. The Labute approximate surface area is 168 Å². The van der Waals surface area contributed by atoms with Crippen LogP contribution in [0.1, 0.15) is 80.1 Å². The molecule has 3 atom stereocenters. The third-order valence-electron chi connectivity index (χ3n) is 8.25. The van der Waals surface area contributed by atoms with Crippen molar-refractivity contribution < 1.29 is 13.9 Å². The minimum Gasteiger partial charge on any atom is -0.413 e. The number of hydrogen-bond acceptors (Lipinski definition) is 3. The highest BCUT2D eigenvalue weighted by molar-refractivity contribution is 6.74. The quantitative estimate of drug-likeness (QED) is 0.396. The Hall–Kier alpha value is -0.163. The van der Waals surface area contributed by atoms with Crippen molar-refractivity contribution >= 4 is 8.32 Å². The molecule has 1 aliphatic heterocycles. The summed E-state index contributed by atoms with van der Waals surface area (Å²) in [7, 11) is -1.74. The second-order valence-corrected chi connectivity index (χ2v) is 15.9. The molecule has 0 bridgehead atoms. The van der Waals surface area contributed by atoms with Crippen LogP contribution in [0.4, 0.5) is 0 Å². The van der Waals surface area contributed by atoms with Crippen molar-refractivity contribution in [3.8, 4) is 0 Å². The predicted octanol–water partition coefficient (Wildman–Crippen LogP) is 6.45. The lowest BCUT2D eigenvalue weighted by atomic mass is 9.65. The van der Waals surface area contributed by atoms with Gasteiger partial charge in [-0.3, -0.25) is 0 Å². The molecule has 3 nitrogen and oxygen atoms in total. The van der Waals surface area contributed by atoms with Crippen LogP contribution < -0.4 is 0 Å². The lowest BCUT2D eigenvalue weighted by Gasteiger charge is -2.47. The van der Waals surface area contributed by atoms with Crippen LogP contribution in [0, 0.1) is 11.3 Å². The van der Waals surface area contributed by atoms with E-state index in [1.165, 1.54) is 25.7 Å². The third kappa shape index (κ3) is 4.10. The molecule has 4 heteroatoms. The summed E-state index contributed by atoms with van der Waals surface area (Å²) in [6, 6.07) is 0. The minimum atomic E-state index is -1.74. The monoisotopic (exact) mass is 394 g/mol. The van der Waals surface area contributed by atoms with Crippen LogP contribution in [0.2, 0.25) is 18.1 Å². The van der Waals surface area contributed by atoms with Crippen molar-refractivity contribution in [1.82, 2.24) is 0 Å². The van der Waals surface area contributed by atoms with E-state index in [0.717, 1.165) is 26.1 Å². The molecule has 1 heterocycles. The fourth-order valence-electron chi connectivity index (χ4n) is 5.20. The summed E-state index contributed by atoms with van der Waals surface area (Å²) in [6.07, 6.45) is 7.49. The normalized spacial score (nSPS) is 34.2. The van der Waals surface area contributed by atoms with E-state index in [4.69, 9.17) is 13.9 Å². The smallest absolute Gasteiger partial charge is 0.192 e. The van der Waals surface area contributed by atoms with Crippen LogP contribution in [0.25, 0.3) is 0 Å². The molecular weight excluding hydrogens is 352 g/mol. The summed E-state index contributed by atoms with van der Waals surface area (Å²) in [6.45, 7) is 20.3. The summed E-state index contributed by atoms with van der Waals surface area (Å²) < 4.78 is 18.7. The lowest BCUT2D eigenvalue weighted by molar-refractivity contribution is -0.146. The van der Waals surface area contributed by atoms with Gasteiger partial charge in [0, 0.05) is 6.42 Å². The Balaban J connectivity index is 1.74. The first-order valence-corrected chi connectivity index (χ1v) is 13.9. The molecule has 27 heavy (non-hydrogen) atoms. The molecule has 2 fully saturated rings. The zero-order valence-electron chi connectivity index (χ0n) is 19.0. The second kappa shape index (κ2) is 7.27. The number of allylic oxidation sites excluding steroid dienone is 2. The van der Waals surface area contributed by atoms with Crippen LogP contribution in [-0.4, -0.2) is 33.4 Å². The highest BCUT2D eigenvalue weighted by atomic mass is 28.4. The van der Waals surface area contributed by atoms with Gasteiger partial charge < -0.3 is 13.9 Å². The maximum Gasteiger partial charge on any atom is 0.192 e. The van der Waals surface area contributed by atoms with Crippen molar-refractivity contribution in [1.29, 1.82) is 0 Å². The van der Waals surface area contributed by atoms with Gasteiger partial charge >= 0.3 is 0 Å². The number of fused-ring (bicyclic) bond motifs is 1. The van der Waals surface area contributed by atoms with Crippen LogP contribution in [0.15, 0.2) is 11.1 Å². The fraction of sp³-hybridized carbons (Fsp3) is 0.913. The molecule has 3 rings (SSSR count). The van der Waals surface area contributed by atoms with E-state index >= 15 is 0 Å². The molecular formula is C23H42O3Si. The second-order valence-electron chi connectivity index (χ2n) is 11.1. The van der Waals surface area contributed by atoms with Gasteiger partial charge in [0.15, 0.2) is 14.1 Å². The van der Waals surface area contributed by atoms with E-state index in [1.807, 2.05) is 0 Å². The van der Waals surface area contributed by atoms with Crippen LogP contribution >= 0.6 is 0 Å². The largest absolute Gasteiger partial charge is 0.413 e. The van der Waals surface area contributed by atoms with Crippen LogP contribution in [0.5, 0.6) is 0 Å². The van der Waals surface area contributed by atoms with Crippen molar-refractivity contribution in [2.75, 3.05) is 13.2 Å². The highest BCUT2D eigenvalue weighted by Gasteiger charge is 2.53. The predicted molar refractivity (Wildman–Crippen MR) is 114 cm³/mol. The zero-order valence-corrected chi connectivity index (χ0v) is 20.0. The van der Waals surface area contributed by atoms with E-state index in [2.05, 4.69) is 54.6 Å². The van der Waals surface area contributed by atoms with Gasteiger partial charge in [0.2, 0.25) is 0 Å². The van der Waals surface area contributed by atoms with E-state index in [1.54, 1.807) is 11.1 Å². The highest BCUT2D eigenvalue weighted by Crippen LogP contribution is 2.57. The van der Waals surface area contributed by atoms with Gasteiger partial charge in [0.05, 0.1) is 19.3 Å². The number of hydrogen-bond donors (Lipinski definition) is 0. The molecule has 0 aromatic carbocycles. The molecule has 0 N–H and O–H groups in total. The average molecular weight is 395 g/mol. The zero-order chi connectivity index (χ0) is 20.1. The lowest BCUT2D eigenvalue weighted by Crippen LogP contribution is -2.48. The summed E-state index contributed by atoms with van der Waals surface area (Å²) in [5, 5.41) is 0.274. The molecule has 2 aliphatic carbocycles. The Bertz CT molecular complexity index is 583. The minimum absolute atomic E-state index is 0.274. The van der Waals surface area contributed by atoms with E-state index in [0.29, 0.717) is 17.4 Å². The topological polar surface area (TPSA) is 27.7 Å². The van der Waals surface area contributed by atoms with Gasteiger partial charge in [0.1, 0.15) is 0 Å². The van der Waals surface area contributed by atoms with Crippen LogP contribution in [0.3, 0.4) is 0 Å². The summed E-state index contributed by atoms with van der Waals surface area (Å²) in [4.78, 5) is 0. The maximum absolute atomic E-state index is 6.98. The maximum atomic E-state index is 6.98. The number of ether oxygens (including phenoxy) is 2. The summed E-state index contributed by atoms with van der Waals surface area (Å²) in [5.74, 6) is 0.294. The average Bonchev–Trinajstić information content (AvgIpc) is 3.11. The Morgan fingerprint density at radius 3 is 2.33 bits per heavy atom. The van der Waals surface area contributed by atoms with Gasteiger partial charge in [-0.2, -0.15) is 0 Å². The molecule has 156 valence electrons. The molecule has 0 radical (unpaired) electrons. The molecule has 0 aromatic heterocycles. The van der Waals surface area contributed by atoms with Crippen LogP contribution in [-0.2, 0) is 13.9 Å². The van der Waals surface area contributed by atoms with Crippen molar-refractivity contribution in [3.63, 3.8) is 0 Å². The third-order valence-corrected chi connectivity index (χ3v) is 12.7. The Morgan fingerprint density at radius 2 is 1.74 bits per heavy atom. The van der Waals surface area contributed by atoms with Crippen molar-refractivity contribution in [3.05, 3.63) is 11.1 Å². The first kappa shape index (κ1) is 21.5. The number of rotatable bonds is 5. The molecule has 1 saturated carbocycles. The molecule has 0 unspecified atom stereocenters. The SMILES string of the molecule is CC1=C(CCC2(C)OCCO2)[C@@H]2CC[C@H](O[Si](C)(C)C(C)(C)C)[C@@]2(C)CC1. The van der Waals surface area contributed by atoms with E-state index < -0.39 is 8.32 Å². The van der Waals surface area contributed by atoms with Gasteiger partial charge in [0.25, 0.3) is 0 Å². The summed E-state index contributed by atoms with van der Waals surface area (Å²) >= 11 is 0. The Kier molecular flexibility index (Phi) is 5.80. The van der Waals surface area contributed by atoms with Gasteiger partial charge in [-0.1, -0.05) is 38.8 Å². The van der Waals surface area contributed by atoms with E-state index in [-0.39, 0.29) is 10.8 Å². The van der Waals surface area contributed by atoms with Crippen molar-refractivity contribution in [2.45, 2.75) is 110 Å². The molecule has 0 aromatic rings. The first-order chi connectivity index (χ1) is 12.4. The molecule has 0 spiro atoms. The molecule has 3 aliphatic rings. The van der Waals surface area contributed by atoms with Gasteiger partial charge in [-0.25, -0.2) is 0 Å². The first-order valence-electron chi connectivity index (χ1n) is 11.0. The van der Waals surface area contributed by atoms with Gasteiger partial charge in [-0.05, 0) is 75.4 Å². The molecule has 1 saturated heterocycles. The fourth-order valence-corrected chi connectivity index (χ4v) is 6.65. The Morgan fingerprint density at radius 1 is 1.11 bits per heavy atom. The van der Waals surface area contributed by atoms with E-state index in [9.17, 15) is 0 Å². The van der Waals surface area contributed by atoms with Crippen molar-refractivity contribution in [2.24, 2.45) is 11.3 Å².